The van der Waals surface area contributed by atoms with E-state index >= 15 is 0 Å². The maximum absolute atomic E-state index is 13.5. The SMILES string of the molecule is CC/C=C\C/C=C\C/C=C\C/C=C\C/C=C\C/C=C\C/C=C\CCCCCCCCCCCCCCCC(=O)NC(COC1OC(CO)C(OC2OC(CO)C(OC3OC(CO)C(O)C(O)C3O)C(O)C2O)C(O)C1O)C(O)CCCCCCCCCCCCCCCCCCCCCCCCCCCCCCCC. The topological polar surface area (TPSA) is 307 Å². The Morgan fingerprint density at radius 3 is 0.982 bits per heavy atom. The molecule has 3 aliphatic heterocycles. The molecular weight excluding hydrogens is 1390 g/mol. The van der Waals surface area contributed by atoms with Gasteiger partial charge in [-0.05, 0) is 70.6 Å². The van der Waals surface area contributed by atoms with Crippen LogP contribution in [0.1, 0.15) is 354 Å². The summed E-state index contributed by atoms with van der Waals surface area (Å²) in [5, 5.41) is 121. The van der Waals surface area contributed by atoms with E-state index in [-0.39, 0.29) is 18.9 Å². The molecule has 0 aromatic heterocycles. The van der Waals surface area contributed by atoms with Crippen LogP contribution in [0, 0.1) is 0 Å². The number of aliphatic hydroxyl groups is 11. The number of carbonyl (C=O) groups excluding carboxylic acids is 1. The molecule has 0 aromatic rings. The monoisotopic (exact) mass is 1560 g/mol. The molecule has 0 aliphatic carbocycles. The van der Waals surface area contributed by atoms with E-state index < -0.39 is 124 Å². The third kappa shape index (κ3) is 48.5. The molecule has 3 fully saturated rings. The molecule has 1 amide bonds. The van der Waals surface area contributed by atoms with E-state index in [2.05, 4.69) is 104 Å². The van der Waals surface area contributed by atoms with Gasteiger partial charge in [-0.25, -0.2) is 0 Å². The first-order valence-corrected chi connectivity index (χ1v) is 44.8. The van der Waals surface area contributed by atoms with Crippen molar-refractivity contribution in [2.24, 2.45) is 0 Å². The summed E-state index contributed by atoms with van der Waals surface area (Å²) in [6.07, 6.45) is 68.2. The number of unbranched alkanes of at least 4 members (excludes halogenated alkanes) is 42. The number of allylic oxidation sites excluding steroid dienone is 14. The van der Waals surface area contributed by atoms with Gasteiger partial charge in [0.2, 0.25) is 5.91 Å². The third-order valence-electron chi connectivity index (χ3n) is 22.0. The zero-order valence-corrected chi connectivity index (χ0v) is 69.0. The van der Waals surface area contributed by atoms with Crippen molar-refractivity contribution in [1.82, 2.24) is 5.32 Å². The van der Waals surface area contributed by atoms with E-state index in [0.29, 0.717) is 12.8 Å². The van der Waals surface area contributed by atoms with Gasteiger partial charge < -0.3 is 89.9 Å². The van der Waals surface area contributed by atoms with Gasteiger partial charge in [0.1, 0.15) is 73.2 Å². The van der Waals surface area contributed by atoms with E-state index in [1.807, 2.05) is 0 Å². The summed E-state index contributed by atoms with van der Waals surface area (Å²) in [6.45, 7) is 1.73. The quantitative estimate of drug-likeness (QED) is 0.0199. The highest BCUT2D eigenvalue weighted by Crippen LogP contribution is 2.34. The number of rotatable bonds is 72. The van der Waals surface area contributed by atoms with Crippen LogP contribution in [0.15, 0.2) is 85.1 Å². The van der Waals surface area contributed by atoms with Crippen molar-refractivity contribution >= 4 is 5.91 Å². The second kappa shape index (κ2) is 70.2. The second-order valence-electron chi connectivity index (χ2n) is 31.7. The van der Waals surface area contributed by atoms with Gasteiger partial charge in [-0.1, -0.05) is 362 Å². The zero-order valence-electron chi connectivity index (χ0n) is 69.0. The van der Waals surface area contributed by atoms with E-state index in [9.17, 15) is 61.0 Å². The van der Waals surface area contributed by atoms with E-state index in [4.69, 9.17) is 28.4 Å². The Morgan fingerprint density at radius 2 is 0.627 bits per heavy atom. The Labute approximate surface area is 667 Å². The number of aliphatic hydroxyl groups excluding tert-OH is 11. The Balaban J connectivity index is 1.33. The van der Waals surface area contributed by atoms with Crippen molar-refractivity contribution in [3.05, 3.63) is 85.1 Å². The molecular formula is C91H163NO18. The number of hydrogen-bond acceptors (Lipinski definition) is 18. The fourth-order valence-corrected chi connectivity index (χ4v) is 14.9. The first-order chi connectivity index (χ1) is 53.8. The number of ether oxygens (including phenoxy) is 6. The molecule has 3 heterocycles. The van der Waals surface area contributed by atoms with Gasteiger partial charge in [-0.15, -0.1) is 0 Å². The lowest BCUT2D eigenvalue weighted by atomic mass is 9.96. The second-order valence-corrected chi connectivity index (χ2v) is 31.7. The van der Waals surface area contributed by atoms with Gasteiger partial charge in [-0.3, -0.25) is 4.79 Å². The van der Waals surface area contributed by atoms with Crippen molar-refractivity contribution in [3.63, 3.8) is 0 Å². The van der Waals surface area contributed by atoms with E-state index in [0.717, 1.165) is 96.3 Å². The normalized spacial score (nSPS) is 25.6. The lowest BCUT2D eigenvalue weighted by Gasteiger charge is -2.48. The molecule has 17 atom stereocenters. The standard InChI is InChI=1S/C91H163NO18/c1-3-5-7-9-11-13-15-17-19-21-23-25-27-29-31-33-35-36-37-38-39-41-43-45-47-49-51-53-55-57-59-61-63-65-67-69-79(97)92-74(75(96)68-66-64-62-60-58-56-54-52-50-48-46-44-42-40-34-32-30-28-26-24-22-20-18-16-14-12-10-8-6-4-2)73-105-89-85(103)82(100)87(77(71-94)107-89)110-91-86(104)83(101)88(78(72-95)108-91)109-90-84(102)81(99)80(98)76(70-93)106-90/h5,7,11,13,17,19,23,25,29,31,35-36,38-39,74-78,80-91,93-96,98-104H,3-4,6,8-10,12,14-16,18,20-22,24,26-28,30,32-34,37,40-73H2,1-2H3,(H,92,97)/b7-5-,13-11-,19-17-,25-23-,31-29-,36-35-,39-38-. The lowest BCUT2D eigenvalue weighted by Crippen LogP contribution is -2.66. The smallest absolute Gasteiger partial charge is 0.220 e. The highest BCUT2D eigenvalue weighted by molar-refractivity contribution is 5.76. The molecule has 0 saturated carbocycles. The van der Waals surface area contributed by atoms with Crippen LogP contribution in [0.4, 0.5) is 0 Å². The summed E-state index contributed by atoms with van der Waals surface area (Å²) >= 11 is 0. The Hall–Kier alpha value is -3.03. The molecule has 3 rings (SSSR count). The fourth-order valence-electron chi connectivity index (χ4n) is 14.9. The Morgan fingerprint density at radius 1 is 0.336 bits per heavy atom. The minimum Gasteiger partial charge on any atom is -0.394 e. The van der Waals surface area contributed by atoms with Crippen LogP contribution in [0.3, 0.4) is 0 Å². The van der Waals surface area contributed by atoms with Crippen LogP contribution < -0.4 is 5.32 Å². The molecule has 640 valence electrons. The van der Waals surface area contributed by atoms with Crippen LogP contribution in [-0.2, 0) is 33.2 Å². The van der Waals surface area contributed by atoms with Crippen molar-refractivity contribution < 1.29 is 89.4 Å². The molecule has 110 heavy (non-hydrogen) atoms. The van der Waals surface area contributed by atoms with Crippen LogP contribution in [0.5, 0.6) is 0 Å². The minimum absolute atomic E-state index is 0.242. The van der Waals surface area contributed by atoms with Gasteiger partial charge in [0.05, 0.1) is 38.6 Å². The molecule has 12 N–H and O–H groups in total. The number of carbonyl (C=O) groups is 1. The highest BCUT2D eigenvalue weighted by atomic mass is 16.8. The zero-order chi connectivity index (χ0) is 79.5. The molecule has 0 aromatic carbocycles. The summed E-state index contributed by atoms with van der Waals surface area (Å²) < 4.78 is 34.6. The van der Waals surface area contributed by atoms with E-state index in [1.54, 1.807) is 0 Å². The van der Waals surface area contributed by atoms with Gasteiger partial charge in [0.15, 0.2) is 18.9 Å². The lowest BCUT2D eigenvalue weighted by molar-refractivity contribution is -0.379. The van der Waals surface area contributed by atoms with Crippen LogP contribution in [0.2, 0.25) is 0 Å². The molecule has 19 nitrogen and oxygen atoms in total. The van der Waals surface area contributed by atoms with Crippen molar-refractivity contribution in [1.29, 1.82) is 0 Å². The molecule has 3 aliphatic rings. The van der Waals surface area contributed by atoms with Crippen molar-refractivity contribution in [2.75, 3.05) is 26.4 Å². The fraction of sp³-hybridized carbons (Fsp3) is 0.835. The first kappa shape index (κ1) is 101. The third-order valence-corrected chi connectivity index (χ3v) is 22.0. The van der Waals surface area contributed by atoms with Crippen LogP contribution in [-0.4, -0.2) is 193 Å². The average molecular weight is 1560 g/mol. The van der Waals surface area contributed by atoms with Crippen LogP contribution in [0.25, 0.3) is 0 Å². The van der Waals surface area contributed by atoms with Crippen molar-refractivity contribution in [2.45, 2.75) is 458 Å². The van der Waals surface area contributed by atoms with Gasteiger partial charge in [-0.2, -0.15) is 0 Å². The average Bonchev–Trinajstić information content (AvgIpc) is 0.795. The molecule has 19 heteroatoms. The van der Waals surface area contributed by atoms with Crippen LogP contribution >= 0.6 is 0 Å². The van der Waals surface area contributed by atoms with E-state index in [1.165, 1.54) is 225 Å². The van der Waals surface area contributed by atoms with Gasteiger partial charge in [0.25, 0.3) is 0 Å². The molecule has 0 bridgehead atoms. The Kier molecular flexibility index (Phi) is 64.6. The largest absolute Gasteiger partial charge is 0.394 e. The van der Waals surface area contributed by atoms with Gasteiger partial charge >= 0.3 is 0 Å². The highest BCUT2D eigenvalue weighted by Gasteiger charge is 2.54. The minimum atomic E-state index is -1.98. The predicted molar refractivity (Wildman–Crippen MR) is 443 cm³/mol. The molecule has 0 radical (unpaired) electrons. The first-order valence-electron chi connectivity index (χ1n) is 44.8. The maximum atomic E-state index is 13.5. The maximum Gasteiger partial charge on any atom is 0.220 e. The molecule has 0 spiro atoms. The summed E-state index contributed by atoms with van der Waals surface area (Å²) in [7, 11) is 0. The number of hydrogen-bond donors (Lipinski definition) is 12. The van der Waals surface area contributed by atoms with Crippen molar-refractivity contribution in [3.8, 4) is 0 Å². The predicted octanol–water partition coefficient (Wildman–Crippen LogP) is 16.9. The Bertz CT molecular complexity index is 2310. The van der Waals surface area contributed by atoms with Gasteiger partial charge in [0, 0.05) is 6.42 Å². The summed E-state index contributed by atoms with van der Waals surface area (Å²) in [5.74, 6) is -0.242. The summed E-state index contributed by atoms with van der Waals surface area (Å²) in [6, 6.07) is -0.895. The summed E-state index contributed by atoms with van der Waals surface area (Å²) in [5.41, 5.74) is 0. The number of nitrogens with one attached hydrogen (secondary N) is 1. The molecule has 17 unspecified atom stereocenters. The molecule has 3 saturated heterocycles. The summed E-state index contributed by atoms with van der Waals surface area (Å²) in [4.78, 5) is 13.5. The number of amides is 1.